The van der Waals surface area contributed by atoms with Crippen molar-refractivity contribution in [2.24, 2.45) is 5.41 Å². The van der Waals surface area contributed by atoms with E-state index in [2.05, 4.69) is 0 Å². The molecule has 1 atom stereocenters. The Labute approximate surface area is 161 Å². The van der Waals surface area contributed by atoms with Crippen LogP contribution >= 0.6 is 0 Å². The second kappa shape index (κ2) is 8.06. The summed E-state index contributed by atoms with van der Waals surface area (Å²) in [5.41, 5.74) is -0.161. The van der Waals surface area contributed by atoms with Crippen LogP contribution in [0.5, 0.6) is 0 Å². The van der Waals surface area contributed by atoms with Crippen LogP contribution in [-0.4, -0.2) is 48.7 Å². The molecule has 0 aliphatic carbocycles. The smallest absolute Gasteiger partial charge is 0.313 e. The van der Waals surface area contributed by atoms with E-state index in [0.717, 1.165) is 0 Å². The third-order valence-electron chi connectivity index (χ3n) is 5.12. The molecule has 7 heteroatoms. The summed E-state index contributed by atoms with van der Waals surface area (Å²) < 4.78 is 32.8. The third kappa shape index (κ3) is 3.89. The summed E-state index contributed by atoms with van der Waals surface area (Å²) >= 11 is 0. The number of methoxy groups -OCH3 is 1. The van der Waals surface area contributed by atoms with Crippen LogP contribution in [0.25, 0.3) is 11.1 Å². The molecule has 0 saturated carbocycles. The molecule has 0 bridgehead atoms. The number of rotatable bonds is 5. The summed E-state index contributed by atoms with van der Waals surface area (Å²) in [4.78, 5) is 25.9. The van der Waals surface area contributed by atoms with E-state index in [-0.39, 0.29) is 24.5 Å². The average molecular weight is 389 g/mol. The van der Waals surface area contributed by atoms with Gasteiger partial charge in [0.15, 0.2) is 0 Å². The molecular formula is C21H21F2NO4. The first-order valence-corrected chi connectivity index (χ1v) is 8.93. The maximum absolute atomic E-state index is 14.7. The van der Waals surface area contributed by atoms with Gasteiger partial charge in [-0.2, -0.15) is 0 Å². The SMILES string of the molecule is COCC1(C(=O)O)CCCN(C(=O)c2ccc(-c3ccc(F)cc3)cc2F)C1. The average Bonchev–Trinajstić information content (AvgIpc) is 2.68. The highest BCUT2D eigenvalue weighted by Gasteiger charge is 2.44. The zero-order valence-corrected chi connectivity index (χ0v) is 15.5. The fourth-order valence-electron chi connectivity index (χ4n) is 3.62. The molecule has 5 nitrogen and oxygen atoms in total. The second-order valence-corrected chi connectivity index (χ2v) is 7.05. The zero-order valence-electron chi connectivity index (χ0n) is 15.5. The Balaban J connectivity index is 1.84. The number of amides is 1. The van der Waals surface area contributed by atoms with Crippen LogP contribution in [0.4, 0.5) is 8.78 Å². The molecule has 1 unspecified atom stereocenters. The molecule has 0 spiro atoms. The standard InChI is InChI=1S/C21H21F2NO4/c1-28-13-21(20(26)27)9-2-10-24(12-21)19(25)17-8-5-15(11-18(17)23)14-3-6-16(22)7-4-14/h3-8,11H,2,9-10,12-13H2,1H3,(H,26,27). The molecule has 1 aliphatic heterocycles. The van der Waals surface area contributed by atoms with E-state index >= 15 is 0 Å². The highest BCUT2D eigenvalue weighted by Crippen LogP contribution is 2.32. The Morgan fingerprint density at radius 3 is 2.43 bits per heavy atom. The van der Waals surface area contributed by atoms with Gasteiger partial charge < -0.3 is 14.7 Å². The first-order chi connectivity index (χ1) is 13.4. The number of carbonyl (C=O) groups is 2. The number of hydrogen-bond acceptors (Lipinski definition) is 3. The van der Waals surface area contributed by atoms with Crippen molar-refractivity contribution in [1.29, 1.82) is 0 Å². The predicted octanol–water partition coefficient (Wildman–Crippen LogP) is 3.59. The number of hydrogen-bond donors (Lipinski definition) is 1. The molecule has 28 heavy (non-hydrogen) atoms. The van der Waals surface area contributed by atoms with Crippen LogP contribution in [0.1, 0.15) is 23.2 Å². The van der Waals surface area contributed by atoms with E-state index in [1.54, 1.807) is 6.07 Å². The van der Waals surface area contributed by atoms with Gasteiger partial charge in [-0.15, -0.1) is 0 Å². The molecule has 1 saturated heterocycles. The number of carboxylic acids is 1. The highest BCUT2D eigenvalue weighted by molar-refractivity contribution is 5.95. The van der Waals surface area contributed by atoms with Gasteiger partial charge in [0.25, 0.3) is 5.91 Å². The van der Waals surface area contributed by atoms with Crippen molar-refractivity contribution in [1.82, 2.24) is 4.90 Å². The minimum atomic E-state index is -1.19. The summed E-state index contributed by atoms with van der Waals surface area (Å²) in [5.74, 6) is -2.67. The summed E-state index contributed by atoms with van der Waals surface area (Å²) in [6, 6.07) is 9.81. The maximum Gasteiger partial charge on any atom is 0.313 e. The molecule has 2 aromatic rings. The van der Waals surface area contributed by atoms with E-state index in [9.17, 15) is 23.5 Å². The summed E-state index contributed by atoms with van der Waals surface area (Å²) in [6.07, 6.45) is 0.891. The number of ether oxygens (including phenoxy) is 1. The largest absolute Gasteiger partial charge is 0.481 e. The van der Waals surface area contributed by atoms with Gasteiger partial charge in [-0.1, -0.05) is 18.2 Å². The van der Waals surface area contributed by atoms with E-state index in [0.29, 0.717) is 30.5 Å². The Bertz CT molecular complexity index is 880. The maximum atomic E-state index is 14.7. The number of carbonyl (C=O) groups excluding carboxylic acids is 1. The van der Waals surface area contributed by atoms with E-state index < -0.39 is 23.1 Å². The topological polar surface area (TPSA) is 66.8 Å². The van der Waals surface area contributed by atoms with E-state index in [1.807, 2.05) is 0 Å². The Morgan fingerprint density at radius 1 is 1.14 bits per heavy atom. The quantitative estimate of drug-likeness (QED) is 0.849. The van der Waals surface area contributed by atoms with Gasteiger partial charge in [0.1, 0.15) is 17.0 Å². The molecule has 1 N–H and O–H groups in total. The number of piperidine rings is 1. The molecule has 0 radical (unpaired) electrons. The molecule has 1 aliphatic rings. The summed E-state index contributed by atoms with van der Waals surface area (Å²) in [6.45, 7) is 0.309. The first kappa shape index (κ1) is 19.9. The van der Waals surface area contributed by atoms with Crippen molar-refractivity contribution in [3.8, 4) is 11.1 Å². The van der Waals surface area contributed by atoms with Crippen LogP contribution in [0, 0.1) is 17.0 Å². The Kier molecular flexibility index (Phi) is 5.74. The van der Waals surface area contributed by atoms with Gasteiger partial charge in [0, 0.05) is 20.2 Å². The lowest BCUT2D eigenvalue weighted by Crippen LogP contribution is -2.52. The van der Waals surface area contributed by atoms with Gasteiger partial charge >= 0.3 is 5.97 Å². The second-order valence-electron chi connectivity index (χ2n) is 7.05. The van der Waals surface area contributed by atoms with Crippen molar-refractivity contribution < 1.29 is 28.2 Å². The Morgan fingerprint density at radius 2 is 1.82 bits per heavy atom. The molecular weight excluding hydrogens is 368 g/mol. The first-order valence-electron chi connectivity index (χ1n) is 8.93. The van der Waals surface area contributed by atoms with E-state index in [1.165, 1.54) is 48.4 Å². The van der Waals surface area contributed by atoms with Crippen molar-refractivity contribution in [3.05, 3.63) is 59.7 Å². The fraction of sp³-hybridized carbons (Fsp3) is 0.333. The lowest BCUT2D eigenvalue weighted by atomic mass is 9.80. The zero-order chi connectivity index (χ0) is 20.3. The molecule has 3 rings (SSSR count). The normalized spacial score (nSPS) is 19.5. The van der Waals surface area contributed by atoms with Gasteiger partial charge in [0.2, 0.25) is 0 Å². The van der Waals surface area contributed by atoms with Crippen molar-refractivity contribution in [2.45, 2.75) is 12.8 Å². The van der Waals surface area contributed by atoms with Gasteiger partial charge in [0.05, 0.1) is 12.2 Å². The van der Waals surface area contributed by atoms with Crippen LogP contribution in [-0.2, 0) is 9.53 Å². The Hall–Kier alpha value is -2.80. The van der Waals surface area contributed by atoms with Crippen molar-refractivity contribution in [3.63, 3.8) is 0 Å². The molecule has 1 fully saturated rings. The van der Waals surface area contributed by atoms with Crippen molar-refractivity contribution in [2.75, 3.05) is 26.8 Å². The number of benzene rings is 2. The minimum Gasteiger partial charge on any atom is -0.481 e. The summed E-state index contributed by atoms with van der Waals surface area (Å²) in [5, 5.41) is 9.61. The van der Waals surface area contributed by atoms with Crippen LogP contribution in [0.15, 0.2) is 42.5 Å². The fourth-order valence-corrected chi connectivity index (χ4v) is 3.62. The van der Waals surface area contributed by atoms with Gasteiger partial charge in [-0.05, 0) is 48.2 Å². The predicted molar refractivity (Wildman–Crippen MR) is 98.9 cm³/mol. The number of likely N-dealkylation sites (tertiary alicyclic amines) is 1. The van der Waals surface area contributed by atoms with Gasteiger partial charge in [-0.3, -0.25) is 9.59 Å². The molecule has 2 aromatic carbocycles. The number of nitrogens with zero attached hydrogens (tertiary/aromatic N) is 1. The third-order valence-corrected chi connectivity index (χ3v) is 5.12. The number of halogens is 2. The van der Waals surface area contributed by atoms with Crippen molar-refractivity contribution >= 4 is 11.9 Å². The van der Waals surface area contributed by atoms with E-state index in [4.69, 9.17) is 4.74 Å². The lowest BCUT2D eigenvalue weighted by Gasteiger charge is -2.39. The van der Waals surface area contributed by atoms with Crippen LogP contribution in [0.2, 0.25) is 0 Å². The molecule has 1 heterocycles. The minimum absolute atomic E-state index is 0.0158. The molecule has 1 amide bonds. The van der Waals surface area contributed by atoms with Gasteiger partial charge in [-0.25, -0.2) is 8.78 Å². The summed E-state index contributed by atoms with van der Waals surface area (Å²) in [7, 11) is 1.42. The van der Waals surface area contributed by atoms with Crippen LogP contribution in [0.3, 0.4) is 0 Å². The molecule has 148 valence electrons. The lowest BCUT2D eigenvalue weighted by molar-refractivity contribution is -0.155. The monoisotopic (exact) mass is 389 g/mol. The molecule has 0 aromatic heterocycles. The number of aliphatic carboxylic acids is 1. The highest BCUT2D eigenvalue weighted by atomic mass is 19.1. The number of carboxylic acid groups (broad SMARTS) is 1. The van der Waals surface area contributed by atoms with Crippen LogP contribution < -0.4 is 0 Å².